The van der Waals surface area contributed by atoms with Crippen molar-refractivity contribution in [3.05, 3.63) is 58.0 Å². The highest BCUT2D eigenvalue weighted by molar-refractivity contribution is 6.34. The Morgan fingerprint density at radius 1 is 1.15 bits per heavy atom. The molecular formula is C27H31ClFN3O2. The molecule has 7 heteroatoms. The summed E-state index contributed by atoms with van der Waals surface area (Å²) < 4.78 is 28.7. The van der Waals surface area contributed by atoms with Crippen LogP contribution in [0.15, 0.2) is 35.9 Å². The minimum absolute atomic E-state index is 0.301. The minimum atomic E-state index is -0.322. The van der Waals surface area contributed by atoms with Crippen LogP contribution in [0.4, 0.5) is 4.39 Å². The van der Waals surface area contributed by atoms with Gasteiger partial charge in [0, 0.05) is 30.6 Å². The SMILES string of the molecule is CC(C)Cn1nc(Cl)c2cc(COc3cc(F)c4c(c3)OCC(CN3CCCCC3)=C4)ccc21. The average molecular weight is 484 g/mol. The molecule has 5 nitrogen and oxygen atoms in total. The third-order valence-electron chi connectivity index (χ3n) is 6.42. The van der Waals surface area contributed by atoms with Crippen molar-refractivity contribution in [3.8, 4) is 11.5 Å². The Morgan fingerprint density at radius 2 is 1.97 bits per heavy atom. The molecule has 0 aliphatic carbocycles. The summed E-state index contributed by atoms with van der Waals surface area (Å²) in [6.07, 6.45) is 5.71. The summed E-state index contributed by atoms with van der Waals surface area (Å²) in [7, 11) is 0. The van der Waals surface area contributed by atoms with Crippen LogP contribution in [0.2, 0.25) is 5.15 Å². The molecule has 1 aromatic heterocycles. The van der Waals surface area contributed by atoms with Crippen molar-refractivity contribution in [3.63, 3.8) is 0 Å². The molecule has 2 aliphatic heterocycles. The maximum absolute atomic E-state index is 14.9. The molecule has 0 bridgehead atoms. The Kier molecular flexibility index (Phi) is 6.79. The van der Waals surface area contributed by atoms with Gasteiger partial charge in [0.15, 0.2) is 5.15 Å². The first kappa shape index (κ1) is 23.2. The molecule has 3 heterocycles. The van der Waals surface area contributed by atoms with Gasteiger partial charge in [0.25, 0.3) is 0 Å². The second-order valence-electron chi connectivity index (χ2n) is 9.75. The van der Waals surface area contributed by atoms with E-state index in [9.17, 15) is 4.39 Å². The molecule has 180 valence electrons. The largest absolute Gasteiger partial charge is 0.489 e. The Balaban J connectivity index is 1.28. The number of hydrogen-bond donors (Lipinski definition) is 0. The lowest BCUT2D eigenvalue weighted by Crippen LogP contribution is -2.33. The number of halogens is 2. The van der Waals surface area contributed by atoms with Gasteiger partial charge in [-0.25, -0.2) is 4.39 Å². The Morgan fingerprint density at radius 3 is 2.76 bits per heavy atom. The first-order valence-corrected chi connectivity index (χ1v) is 12.5. The summed E-state index contributed by atoms with van der Waals surface area (Å²) in [6, 6.07) is 9.22. The zero-order chi connectivity index (χ0) is 23.7. The topological polar surface area (TPSA) is 39.5 Å². The number of fused-ring (bicyclic) bond motifs is 2. The van der Waals surface area contributed by atoms with Gasteiger partial charge in [-0.1, -0.05) is 37.9 Å². The van der Waals surface area contributed by atoms with Crippen LogP contribution < -0.4 is 9.47 Å². The number of hydrogen-bond acceptors (Lipinski definition) is 4. The highest BCUT2D eigenvalue weighted by Crippen LogP contribution is 2.34. The molecule has 1 fully saturated rings. The van der Waals surface area contributed by atoms with Gasteiger partial charge in [-0.15, -0.1) is 0 Å². The van der Waals surface area contributed by atoms with Crippen molar-refractivity contribution in [1.29, 1.82) is 0 Å². The van der Waals surface area contributed by atoms with Gasteiger partial charge in [0.1, 0.15) is 30.5 Å². The fourth-order valence-corrected chi connectivity index (χ4v) is 5.00. The third kappa shape index (κ3) is 5.08. The molecule has 1 saturated heterocycles. The molecule has 0 spiro atoms. The predicted octanol–water partition coefficient (Wildman–Crippen LogP) is 6.33. The van der Waals surface area contributed by atoms with E-state index in [2.05, 4.69) is 23.8 Å². The summed E-state index contributed by atoms with van der Waals surface area (Å²) in [5.74, 6) is 1.13. The van der Waals surface area contributed by atoms with Crippen LogP contribution in [-0.2, 0) is 13.2 Å². The fraction of sp³-hybridized carbons (Fsp3) is 0.444. The molecule has 5 rings (SSSR count). The molecule has 3 aromatic rings. The Hall–Kier alpha value is -2.57. The van der Waals surface area contributed by atoms with Gasteiger partial charge in [-0.3, -0.25) is 9.58 Å². The van der Waals surface area contributed by atoms with Gasteiger partial charge < -0.3 is 9.47 Å². The first-order valence-electron chi connectivity index (χ1n) is 12.1. The number of rotatable bonds is 7. The van der Waals surface area contributed by atoms with Crippen molar-refractivity contribution in [2.24, 2.45) is 5.92 Å². The van der Waals surface area contributed by atoms with Crippen LogP contribution in [0, 0.1) is 11.7 Å². The molecule has 34 heavy (non-hydrogen) atoms. The maximum Gasteiger partial charge on any atom is 0.158 e. The molecule has 0 amide bonds. The van der Waals surface area contributed by atoms with Gasteiger partial charge >= 0.3 is 0 Å². The van der Waals surface area contributed by atoms with E-state index in [0.717, 1.165) is 48.2 Å². The number of benzene rings is 2. The van der Waals surface area contributed by atoms with Crippen molar-refractivity contribution in [2.75, 3.05) is 26.2 Å². The summed E-state index contributed by atoms with van der Waals surface area (Å²) >= 11 is 6.38. The van der Waals surface area contributed by atoms with E-state index in [-0.39, 0.29) is 5.82 Å². The maximum atomic E-state index is 14.9. The molecule has 0 atom stereocenters. The summed E-state index contributed by atoms with van der Waals surface area (Å²) in [5.41, 5.74) is 3.57. The van der Waals surface area contributed by atoms with Crippen molar-refractivity contribution >= 4 is 28.6 Å². The molecule has 2 aliphatic rings. The standard InChI is InChI=1S/C27H31ClFN3O2/c1-18(2)14-32-25-7-6-19(10-23(25)27(28)30-32)16-33-21-12-24(29)22-11-20(17-34-26(22)13-21)15-31-8-4-3-5-9-31/h6-7,10-13,18H,3-5,8-9,14-17H2,1-2H3. The second-order valence-corrected chi connectivity index (χ2v) is 10.1. The van der Waals surface area contributed by atoms with Crippen LogP contribution in [-0.4, -0.2) is 40.9 Å². The number of ether oxygens (including phenoxy) is 2. The van der Waals surface area contributed by atoms with Crippen LogP contribution in [0.25, 0.3) is 17.0 Å². The number of aromatic nitrogens is 2. The van der Waals surface area contributed by atoms with Crippen molar-refractivity contribution in [1.82, 2.24) is 14.7 Å². The number of nitrogens with zero attached hydrogens (tertiary/aromatic N) is 3. The highest BCUT2D eigenvalue weighted by Gasteiger charge is 2.20. The van der Waals surface area contributed by atoms with Crippen molar-refractivity contribution < 1.29 is 13.9 Å². The molecule has 0 saturated carbocycles. The monoisotopic (exact) mass is 483 g/mol. The molecule has 0 N–H and O–H groups in total. The van der Waals surface area contributed by atoms with Crippen LogP contribution in [0.5, 0.6) is 11.5 Å². The summed E-state index contributed by atoms with van der Waals surface area (Å²) in [5, 5.41) is 5.84. The first-order chi connectivity index (χ1) is 16.5. The quantitative estimate of drug-likeness (QED) is 0.394. The van der Waals surface area contributed by atoms with E-state index in [0.29, 0.717) is 41.3 Å². The second kappa shape index (κ2) is 9.96. The smallest absolute Gasteiger partial charge is 0.158 e. The van der Waals surface area contributed by atoms with E-state index < -0.39 is 0 Å². The lowest BCUT2D eigenvalue weighted by Gasteiger charge is -2.29. The molecule has 2 aromatic carbocycles. The zero-order valence-corrected chi connectivity index (χ0v) is 20.6. The highest BCUT2D eigenvalue weighted by atomic mass is 35.5. The molecular weight excluding hydrogens is 453 g/mol. The summed E-state index contributed by atoms with van der Waals surface area (Å²) in [4.78, 5) is 2.43. The lowest BCUT2D eigenvalue weighted by molar-refractivity contribution is 0.234. The minimum Gasteiger partial charge on any atom is -0.489 e. The van der Waals surface area contributed by atoms with E-state index in [1.54, 1.807) is 6.07 Å². The Labute approximate surface area is 205 Å². The van der Waals surface area contributed by atoms with Gasteiger partial charge in [-0.05, 0) is 61.2 Å². The zero-order valence-electron chi connectivity index (χ0n) is 19.8. The number of piperidine rings is 1. The van der Waals surface area contributed by atoms with E-state index in [4.69, 9.17) is 21.1 Å². The van der Waals surface area contributed by atoms with E-state index >= 15 is 0 Å². The van der Waals surface area contributed by atoms with Crippen LogP contribution >= 0.6 is 11.6 Å². The fourth-order valence-electron chi connectivity index (χ4n) is 4.75. The molecule has 0 radical (unpaired) electrons. The lowest BCUT2D eigenvalue weighted by atomic mass is 10.0. The Bertz CT molecular complexity index is 1210. The molecule has 0 unspecified atom stereocenters. The third-order valence-corrected chi connectivity index (χ3v) is 6.69. The van der Waals surface area contributed by atoms with Gasteiger partial charge in [-0.2, -0.15) is 5.10 Å². The van der Waals surface area contributed by atoms with E-state index in [1.165, 1.54) is 25.3 Å². The predicted molar refractivity (Wildman–Crippen MR) is 134 cm³/mol. The van der Waals surface area contributed by atoms with Crippen LogP contribution in [0.1, 0.15) is 44.2 Å². The van der Waals surface area contributed by atoms with Gasteiger partial charge in [0.05, 0.1) is 11.1 Å². The number of likely N-dealkylation sites (tertiary alicyclic amines) is 1. The average Bonchev–Trinajstić information content (AvgIpc) is 3.12. The van der Waals surface area contributed by atoms with Crippen molar-refractivity contribution in [2.45, 2.75) is 46.3 Å². The van der Waals surface area contributed by atoms with Gasteiger partial charge in [0.2, 0.25) is 0 Å². The normalized spacial score (nSPS) is 16.4. The van der Waals surface area contributed by atoms with E-state index in [1.807, 2.05) is 29.0 Å². The van der Waals surface area contributed by atoms with Crippen LogP contribution in [0.3, 0.4) is 0 Å². The summed E-state index contributed by atoms with van der Waals surface area (Å²) in [6.45, 7) is 8.95.